The maximum Gasteiger partial charge on any atom is 0.222 e. The first-order chi connectivity index (χ1) is 8.59. The molecule has 3 nitrogen and oxygen atoms in total. The molecule has 0 heterocycles. The van der Waals surface area contributed by atoms with Crippen molar-refractivity contribution in [3.63, 3.8) is 0 Å². The smallest absolute Gasteiger partial charge is 0.222 e. The van der Waals surface area contributed by atoms with E-state index in [0.29, 0.717) is 19.0 Å². The molecule has 0 saturated carbocycles. The Hall–Kier alpha value is -1.35. The molecule has 1 aromatic rings. The van der Waals surface area contributed by atoms with Crippen LogP contribution in [-0.4, -0.2) is 30.4 Å². The molecule has 0 fully saturated rings. The lowest BCUT2D eigenvalue weighted by Crippen LogP contribution is -2.28. The summed E-state index contributed by atoms with van der Waals surface area (Å²) in [5.74, 6) is 0.212. The van der Waals surface area contributed by atoms with Crippen molar-refractivity contribution < 1.29 is 4.79 Å². The fourth-order valence-electron chi connectivity index (χ4n) is 1.77. The predicted molar refractivity (Wildman–Crippen MR) is 75.3 cm³/mol. The Morgan fingerprint density at radius 1 is 1.28 bits per heavy atom. The molecule has 0 bridgehead atoms. The fourth-order valence-corrected chi connectivity index (χ4v) is 1.77. The van der Waals surface area contributed by atoms with Gasteiger partial charge in [-0.3, -0.25) is 4.79 Å². The van der Waals surface area contributed by atoms with Crippen LogP contribution in [0.15, 0.2) is 30.3 Å². The average molecular weight is 248 g/mol. The van der Waals surface area contributed by atoms with Crippen LogP contribution in [0.5, 0.6) is 0 Å². The lowest BCUT2D eigenvalue weighted by molar-refractivity contribution is -0.130. The zero-order valence-electron chi connectivity index (χ0n) is 11.6. The second kappa shape index (κ2) is 7.88. The van der Waals surface area contributed by atoms with Crippen LogP contribution < -0.4 is 5.32 Å². The van der Waals surface area contributed by atoms with E-state index in [4.69, 9.17) is 0 Å². The molecule has 0 unspecified atom stereocenters. The number of nitrogens with one attached hydrogen (secondary N) is 1. The Kier molecular flexibility index (Phi) is 6.44. The summed E-state index contributed by atoms with van der Waals surface area (Å²) in [5, 5.41) is 3.32. The Morgan fingerprint density at radius 2 is 1.94 bits per heavy atom. The second-order valence-corrected chi connectivity index (χ2v) is 4.95. The average Bonchev–Trinajstić information content (AvgIpc) is 2.35. The summed E-state index contributed by atoms with van der Waals surface area (Å²) in [6.45, 7) is 5.83. The quantitative estimate of drug-likeness (QED) is 0.752. The largest absolute Gasteiger partial charge is 0.341 e. The SMILES string of the molecule is CC(C)NCCCC(=O)N(C)Cc1ccccc1. The highest BCUT2D eigenvalue weighted by atomic mass is 16.2. The molecule has 100 valence electrons. The van der Waals surface area contributed by atoms with Crippen LogP contribution in [0.4, 0.5) is 0 Å². The number of hydrogen-bond acceptors (Lipinski definition) is 2. The zero-order chi connectivity index (χ0) is 13.4. The van der Waals surface area contributed by atoms with Crippen LogP contribution in [0.1, 0.15) is 32.3 Å². The molecule has 0 atom stereocenters. The number of nitrogens with zero attached hydrogens (tertiary/aromatic N) is 1. The van der Waals surface area contributed by atoms with E-state index in [0.717, 1.165) is 13.0 Å². The van der Waals surface area contributed by atoms with Gasteiger partial charge in [0.15, 0.2) is 0 Å². The summed E-state index contributed by atoms with van der Waals surface area (Å²) in [5.41, 5.74) is 1.17. The van der Waals surface area contributed by atoms with Gasteiger partial charge in [-0.1, -0.05) is 44.2 Å². The molecule has 1 N–H and O–H groups in total. The van der Waals surface area contributed by atoms with E-state index in [2.05, 4.69) is 19.2 Å². The van der Waals surface area contributed by atoms with Gasteiger partial charge in [-0.2, -0.15) is 0 Å². The van der Waals surface area contributed by atoms with Gasteiger partial charge >= 0.3 is 0 Å². The molecule has 0 aromatic heterocycles. The van der Waals surface area contributed by atoms with E-state index in [9.17, 15) is 4.79 Å². The van der Waals surface area contributed by atoms with Gasteiger partial charge in [-0.15, -0.1) is 0 Å². The van der Waals surface area contributed by atoms with Crippen molar-refractivity contribution in [1.82, 2.24) is 10.2 Å². The highest BCUT2D eigenvalue weighted by Gasteiger charge is 2.08. The highest BCUT2D eigenvalue weighted by Crippen LogP contribution is 2.04. The van der Waals surface area contributed by atoms with Crippen LogP contribution in [0, 0.1) is 0 Å². The van der Waals surface area contributed by atoms with Gasteiger partial charge in [0.25, 0.3) is 0 Å². The Morgan fingerprint density at radius 3 is 2.56 bits per heavy atom. The highest BCUT2D eigenvalue weighted by molar-refractivity contribution is 5.75. The van der Waals surface area contributed by atoms with E-state index in [-0.39, 0.29) is 5.91 Å². The molecule has 3 heteroatoms. The molecular weight excluding hydrogens is 224 g/mol. The number of carbonyl (C=O) groups is 1. The standard InChI is InChI=1S/C15H24N2O/c1-13(2)16-11-7-10-15(18)17(3)12-14-8-5-4-6-9-14/h4-6,8-9,13,16H,7,10-12H2,1-3H3. The topological polar surface area (TPSA) is 32.3 Å². The van der Waals surface area contributed by atoms with E-state index in [1.165, 1.54) is 5.56 Å². The van der Waals surface area contributed by atoms with Gasteiger partial charge in [-0.05, 0) is 18.5 Å². The number of rotatable bonds is 7. The molecule has 0 aliphatic rings. The second-order valence-electron chi connectivity index (χ2n) is 4.95. The molecule has 0 spiro atoms. The van der Waals surface area contributed by atoms with Crippen LogP contribution in [0.2, 0.25) is 0 Å². The van der Waals surface area contributed by atoms with Gasteiger partial charge in [-0.25, -0.2) is 0 Å². The third kappa shape index (κ3) is 5.82. The molecule has 1 amide bonds. The number of hydrogen-bond donors (Lipinski definition) is 1. The van der Waals surface area contributed by atoms with E-state index in [1.807, 2.05) is 37.4 Å². The van der Waals surface area contributed by atoms with Crippen LogP contribution in [-0.2, 0) is 11.3 Å². The van der Waals surface area contributed by atoms with Crippen LogP contribution in [0.25, 0.3) is 0 Å². The van der Waals surface area contributed by atoms with E-state index >= 15 is 0 Å². The van der Waals surface area contributed by atoms with Gasteiger partial charge in [0.2, 0.25) is 5.91 Å². The zero-order valence-corrected chi connectivity index (χ0v) is 11.6. The molecule has 18 heavy (non-hydrogen) atoms. The lowest BCUT2D eigenvalue weighted by Gasteiger charge is -2.17. The van der Waals surface area contributed by atoms with Crippen LogP contribution >= 0.6 is 0 Å². The van der Waals surface area contributed by atoms with Crippen molar-refractivity contribution in [2.24, 2.45) is 0 Å². The maximum atomic E-state index is 11.9. The number of carbonyl (C=O) groups excluding carboxylic acids is 1. The lowest BCUT2D eigenvalue weighted by atomic mass is 10.2. The summed E-state index contributed by atoms with van der Waals surface area (Å²) in [6, 6.07) is 10.6. The summed E-state index contributed by atoms with van der Waals surface area (Å²) in [4.78, 5) is 13.7. The maximum absolute atomic E-state index is 11.9. The minimum Gasteiger partial charge on any atom is -0.341 e. The van der Waals surface area contributed by atoms with Crippen molar-refractivity contribution in [3.05, 3.63) is 35.9 Å². The van der Waals surface area contributed by atoms with Crippen molar-refractivity contribution in [1.29, 1.82) is 0 Å². The fraction of sp³-hybridized carbons (Fsp3) is 0.533. The van der Waals surface area contributed by atoms with Crippen molar-refractivity contribution in [2.75, 3.05) is 13.6 Å². The van der Waals surface area contributed by atoms with Crippen molar-refractivity contribution in [3.8, 4) is 0 Å². The molecule has 0 saturated heterocycles. The Bertz CT molecular complexity index is 349. The number of amides is 1. The molecule has 0 radical (unpaired) electrons. The van der Waals surface area contributed by atoms with Crippen LogP contribution in [0.3, 0.4) is 0 Å². The van der Waals surface area contributed by atoms with E-state index in [1.54, 1.807) is 4.90 Å². The molecular formula is C15H24N2O. The first kappa shape index (κ1) is 14.7. The van der Waals surface area contributed by atoms with Gasteiger partial charge in [0.05, 0.1) is 0 Å². The molecule has 1 rings (SSSR count). The molecule has 0 aliphatic heterocycles. The third-order valence-corrected chi connectivity index (χ3v) is 2.81. The monoisotopic (exact) mass is 248 g/mol. The minimum atomic E-state index is 0.212. The van der Waals surface area contributed by atoms with Crippen molar-refractivity contribution in [2.45, 2.75) is 39.3 Å². The van der Waals surface area contributed by atoms with E-state index < -0.39 is 0 Å². The first-order valence-corrected chi connectivity index (χ1v) is 6.61. The minimum absolute atomic E-state index is 0.212. The summed E-state index contributed by atoms with van der Waals surface area (Å²) >= 11 is 0. The Balaban J connectivity index is 2.25. The molecule has 1 aromatic carbocycles. The predicted octanol–water partition coefficient (Wildman–Crippen LogP) is 2.42. The summed E-state index contributed by atoms with van der Waals surface area (Å²) < 4.78 is 0. The van der Waals surface area contributed by atoms with Gasteiger partial charge < -0.3 is 10.2 Å². The normalized spacial score (nSPS) is 10.7. The summed E-state index contributed by atoms with van der Waals surface area (Å²) in [6.07, 6.45) is 1.51. The first-order valence-electron chi connectivity index (χ1n) is 6.61. The van der Waals surface area contributed by atoms with Gasteiger partial charge in [0, 0.05) is 26.1 Å². The van der Waals surface area contributed by atoms with Gasteiger partial charge in [0.1, 0.15) is 0 Å². The number of benzene rings is 1. The Labute approximate surface area is 110 Å². The summed E-state index contributed by atoms with van der Waals surface area (Å²) in [7, 11) is 1.87. The van der Waals surface area contributed by atoms with Crippen molar-refractivity contribution >= 4 is 5.91 Å². The molecule has 0 aliphatic carbocycles. The third-order valence-electron chi connectivity index (χ3n) is 2.81.